The third-order valence-corrected chi connectivity index (χ3v) is 5.18. The highest BCUT2D eigenvalue weighted by Gasteiger charge is 2.12. The highest BCUT2D eigenvalue weighted by atomic mass is 32.2. The molecule has 0 aliphatic rings. The minimum atomic E-state index is -3.35. The van der Waals surface area contributed by atoms with E-state index in [1.54, 1.807) is 12.1 Å². The number of benzene rings is 1. The van der Waals surface area contributed by atoms with E-state index in [1.807, 2.05) is 12.1 Å². The Morgan fingerprint density at radius 3 is 2.14 bits per heavy atom. The van der Waals surface area contributed by atoms with Gasteiger partial charge in [-0.3, -0.25) is 0 Å². The van der Waals surface area contributed by atoms with Crippen molar-refractivity contribution in [3.63, 3.8) is 0 Å². The van der Waals surface area contributed by atoms with Crippen LogP contribution < -0.4 is 4.72 Å². The summed E-state index contributed by atoms with van der Waals surface area (Å²) < 4.78 is 27.1. The van der Waals surface area contributed by atoms with Crippen LogP contribution in [0.25, 0.3) is 0 Å². The van der Waals surface area contributed by atoms with E-state index < -0.39 is 10.0 Å². The Balaban J connectivity index is 2.39. The van der Waals surface area contributed by atoms with Gasteiger partial charge >= 0.3 is 0 Å². The zero-order valence-electron chi connectivity index (χ0n) is 14.3. The Morgan fingerprint density at radius 2 is 1.55 bits per heavy atom. The van der Waals surface area contributed by atoms with Crippen LogP contribution in [-0.4, -0.2) is 15.0 Å². The predicted molar refractivity (Wildman–Crippen MR) is 93.5 cm³/mol. The number of rotatable bonds is 11. The molecule has 1 rings (SSSR count). The maximum Gasteiger partial charge on any atom is 0.240 e. The minimum absolute atomic E-state index is 0.367. The Labute approximate surface area is 136 Å². The second-order valence-electron chi connectivity index (χ2n) is 6.41. The molecule has 1 aromatic carbocycles. The zero-order valence-corrected chi connectivity index (χ0v) is 15.1. The molecule has 0 saturated heterocycles. The molecule has 0 heterocycles. The number of unbranched alkanes of at least 4 members (excludes halogenated alkanes) is 5. The van der Waals surface area contributed by atoms with Gasteiger partial charge in [0, 0.05) is 6.54 Å². The lowest BCUT2D eigenvalue weighted by Gasteiger charge is -2.09. The average molecular weight is 326 g/mol. The molecule has 22 heavy (non-hydrogen) atoms. The monoisotopic (exact) mass is 325 g/mol. The van der Waals surface area contributed by atoms with E-state index in [4.69, 9.17) is 0 Å². The summed E-state index contributed by atoms with van der Waals surface area (Å²) >= 11 is 0. The Morgan fingerprint density at radius 1 is 0.955 bits per heavy atom. The summed E-state index contributed by atoms with van der Waals surface area (Å²) in [6, 6.07) is 7.25. The minimum Gasteiger partial charge on any atom is -0.211 e. The van der Waals surface area contributed by atoms with Crippen molar-refractivity contribution in [2.45, 2.75) is 70.6 Å². The average Bonchev–Trinajstić information content (AvgIpc) is 2.46. The van der Waals surface area contributed by atoms with Gasteiger partial charge in [-0.05, 0) is 36.5 Å². The molecular formula is C18H31NO2S. The Bertz CT molecular complexity index is 506. The first-order valence-electron chi connectivity index (χ1n) is 8.54. The second kappa shape index (κ2) is 10.0. The van der Waals surface area contributed by atoms with E-state index in [1.165, 1.54) is 31.2 Å². The van der Waals surface area contributed by atoms with Gasteiger partial charge in [0.1, 0.15) is 0 Å². The van der Waals surface area contributed by atoms with Crippen LogP contribution in [0.2, 0.25) is 0 Å². The lowest BCUT2D eigenvalue weighted by molar-refractivity contribution is 0.567. The van der Waals surface area contributed by atoms with Crippen LogP contribution in [-0.2, 0) is 16.4 Å². The molecule has 1 aromatic rings. The van der Waals surface area contributed by atoms with Gasteiger partial charge in [0.15, 0.2) is 0 Å². The van der Waals surface area contributed by atoms with Crippen molar-refractivity contribution in [1.29, 1.82) is 0 Å². The molecule has 0 aromatic heterocycles. The van der Waals surface area contributed by atoms with E-state index in [2.05, 4.69) is 25.5 Å². The molecule has 3 nitrogen and oxygen atoms in total. The van der Waals surface area contributed by atoms with Gasteiger partial charge in [0.05, 0.1) is 4.90 Å². The molecule has 126 valence electrons. The fourth-order valence-corrected chi connectivity index (χ4v) is 3.55. The molecule has 0 aliphatic carbocycles. The van der Waals surface area contributed by atoms with Crippen LogP contribution in [0.4, 0.5) is 0 Å². The first kappa shape index (κ1) is 19.2. The van der Waals surface area contributed by atoms with Crippen molar-refractivity contribution in [3.05, 3.63) is 29.8 Å². The van der Waals surface area contributed by atoms with Crippen LogP contribution in [0.5, 0.6) is 0 Å². The third kappa shape index (κ3) is 7.41. The quantitative estimate of drug-likeness (QED) is 0.608. The van der Waals surface area contributed by atoms with Crippen LogP contribution in [0, 0.1) is 5.92 Å². The molecule has 0 spiro atoms. The summed E-state index contributed by atoms with van der Waals surface area (Å²) in [7, 11) is -3.35. The van der Waals surface area contributed by atoms with Gasteiger partial charge in [0.2, 0.25) is 10.0 Å². The second-order valence-corrected chi connectivity index (χ2v) is 8.17. The fourth-order valence-electron chi connectivity index (χ4n) is 2.47. The van der Waals surface area contributed by atoms with E-state index in [0.29, 0.717) is 17.4 Å². The van der Waals surface area contributed by atoms with Crippen molar-refractivity contribution in [2.24, 2.45) is 5.92 Å². The van der Waals surface area contributed by atoms with Gasteiger partial charge in [-0.15, -0.1) is 0 Å². The van der Waals surface area contributed by atoms with E-state index >= 15 is 0 Å². The first-order chi connectivity index (χ1) is 10.5. The predicted octanol–water partition coefficient (Wildman–Crippen LogP) is 4.52. The maximum absolute atomic E-state index is 12.2. The van der Waals surface area contributed by atoms with E-state index in [-0.39, 0.29) is 0 Å². The van der Waals surface area contributed by atoms with Crippen molar-refractivity contribution in [2.75, 3.05) is 6.54 Å². The Kier molecular flexibility index (Phi) is 8.72. The zero-order chi connectivity index (χ0) is 16.4. The molecule has 0 aliphatic heterocycles. The third-order valence-electron chi connectivity index (χ3n) is 3.70. The lowest BCUT2D eigenvalue weighted by Crippen LogP contribution is -2.24. The van der Waals surface area contributed by atoms with Crippen molar-refractivity contribution >= 4 is 10.0 Å². The Hall–Kier alpha value is -0.870. The standard InChI is InChI=1S/C18H31NO2S/c1-4-5-6-7-8-9-14-19-22(20,21)18-12-10-17(11-13-18)15-16(2)3/h10-13,16,19H,4-9,14-15H2,1-3H3. The maximum atomic E-state index is 12.2. The number of sulfonamides is 1. The fraction of sp³-hybridized carbons (Fsp3) is 0.667. The van der Waals surface area contributed by atoms with Crippen LogP contribution in [0.15, 0.2) is 29.2 Å². The molecule has 0 saturated carbocycles. The molecule has 0 fully saturated rings. The summed E-state index contributed by atoms with van der Waals surface area (Å²) in [5, 5.41) is 0. The van der Waals surface area contributed by atoms with Crippen molar-refractivity contribution in [3.8, 4) is 0 Å². The van der Waals surface area contributed by atoms with E-state index in [0.717, 1.165) is 19.3 Å². The van der Waals surface area contributed by atoms with Gasteiger partial charge in [-0.1, -0.05) is 65.0 Å². The number of hydrogen-bond donors (Lipinski definition) is 1. The summed E-state index contributed by atoms with van der Waals surface area (Å²) in [4.78, 5) is 0.367. The smallest absolute Gasteiger partial charge is 0.211 e. The number of nitrogens with one attached hydrogen (secondary N) is 1. The van der Waals surface area contributed by atoms with Crippen LogP contribution in [0.1, 0.15) is 64.9 Å². The summed E-state index contributed by atoms with van der Waals surface area (Å²) in [5.41, 5.74) is 1.19. The van der Waals surface area contributed by atoms with E-state index in [9.17, 15) is 8.42 Å². The summed E-state index contributed by atoms with van der Waals surface area (Å²) in [6.07, 6.45) is 7.93. The molecule has 1 N–H and O–H groups in total. The molecule has 0 amide bonds. The first-order valence-corrected chi connectivity index (χ1v) is 10.0. The molecule has 0 unspecified atom stereocenters. The van der Waals surface area contributed by atoms with Gasteiger partial charge in [-0.25, -0.2) is 13.1 Å². The molecule has 0 bridgehead atoms. The normalized spacial score (nSPS) is 12.0. The number of hydrogen-bond acceptors (Lipinski definition) is 2. The lowest BCUT2D eigenvalue weighted by atomic mass is 10.0. The highest BCUT2D eigenvalue weighted by Crippen LogP contribution is 2.13. The van der Waals surface area contributed by atoms with Crippen molar-refractivity contribution in [1.82, 2.24) is 4.72 Å². The van der Waals surface area contributed by atoms with Gasteiger partial charge < -0.3 is 0 Å². The van der Waals surface area contributed by atoms with Gasteiger partial charge in [-0.2, -0.15) is 0 Å². The largest absolute Gasteiger partial charge is 0.240 e. The molecule has 0 atom stereocenters. The summed E-state index contributed by atoms with van der Waals surface area (Å²) in [5.74, 6) is 0.577. The molecule has 4 heteroatoms. The molecule has 0 radical (unpaired) electrons. The molecular weight excluding hydrogens is 294 g/mol. The SMILES string of the molecule is CCCCCCCCNS(=O)(=O)c1ccc(CC(C)C)cc1. The van der Waals surface area contributed by atoms with Crippen molar-refractivity contribution < 1.29 is 8.42 Å². The van der Waals surface area contributed by atoms with Crippen LogP contribution >= 0.6 is 0 Å². The summed E-state index contributed by atoms with van der Waals surface area (Å²) in [6.45, 7) is 7.04. The topological polar surface area (TPSA) is 46.2 Å². The highest BCUT2D eigenvalue weighted by molar-refractivity contribution is 7.89. The van der Waals surface area contributed by atoms with Gasteiger partial charge in [0.25, 0.3) is 0 Å². The van der Waals surface area contributed by atoms with Crippen LogP contribution in [0.3, 0.4) is 0 Å².